The third kappa shape index (κ3) is 3.63. The fraction of sp³-hybridized carbons (Fsp3) is 0.500. The molecule has 0 saturated carbocycles. The molecule has 3 rings (SSSR count). The van der Waals surface area contributed by atoms with Crippen LogP contribution in [0.4, 0.5) is 4.79 Å². The maximum atomic E-state index is 12.1. The van der Waals surface area contributed by atoms with Crippen molar-refractivity contribution < 1.29 is 9.32 Å². The molecule has 2 amide bonds. The first-order valence-corrected chi connectivity index (χ1v) is 8.19. The van der Waals surface area contributed by atoms with E-state index in [1.54, 1.807) is 11.3 Å². The molecule has 3 heterocycles. The largest absolute Gasteiger partial charge is 0.337 e. The molecule has 0 aromatic carbocycles. The minimum atomic E-state index is -0.0907. The molecule has 22 heavy (non-hydrogen) atoms. The number of aromatic nitrogens is 2. The number of hydrogen-bond acceptors (Lipinski definition) is 6. The molecule has 8 heteroatoms. The minimum absolute atomic E-state index is 0.0907. The molecule has 118 valence electrons. The second-order valence-electron chi connectivity index (χ2n) is 5.27. The van der Waals surface area contributed by atoms with E-state index in [9.17, 15) is 4.79 Å². The van der Waals surface area contributed by atoms with Crippen LogP contribution >= 0.6 is 11.3 Å². The third-order valence-electron chi connectivity index (χ3n) is 3.58. The van der Waals surface area contributed by atoms with Gasteiger partial charge in [0.1, 0.15) is 0 Å². The van der Waals surface area contributed by atoms with E-state index in [2.05, 4.69) is 20.8 Å². The summed E-state index contributed by atoms with van der Waals surface area (Å²) < 4.78 is 5.18. The highest BCUT2D eigenvalue weighted by molar-refractivity contribution is 7.09. The van der Waals surface area contributed by atoms with Gasteiger partial charge in [0.05, 0.1) is 6.54 Å². The lowest BCUT2D eigenvalue weighted by Gasteiger charge is -2.33. The Kier molecular flexibility index (Phi) is 4.69. The summed E-state index contributed by atoms with van der Waals surface area (Å²) in [6, 6.07) is 4.13. The van der Waals surface area contributed by atoms with Gasteiger partial charge in [-0.2, -0.15) is 4.98 Å². The third-order valence-corrected chi connectivity index (χ3v) is 4.45. The fourth-order valence-electron chi connectivity index (χ4n) is 2.40. The first-order valence-electron chi connectivity index (χ1n) is 7.31. The molecular formula is C14H19N5O2S. The Morgan fingerprint density at radius 1 is 1.64 bits per heavy atom. The zero-order valence-corrected chi connectivity index (χ0v) is 13.2. The molecule has 1 aliphatic rings. The van der Waals surface area contributed by atoms with Crippen molar-refractivity contribution in [1.29, 1.82) is 0 Å². The van der Waals surface area contributed by atoms with Crippen LogP contribution in [0.25, 0.3) is 0 Å². The molecule has 0 aliphatic carbocycles. The zero-order valence-electron chi connectivity index (χ0n) is 12.4. The molecule has 0 bridgehead atoms. The van der Waals surface area contributed by atoms with E-state index in [1.807, 2.05) is 29.3 Å². The van der Waals surface area contributed by atoms with Crippen LogP contribution in [-0.4, -0.2) is 46.7 Å². The fourth-order valence-corrected chi connectivity index (χ4v) is 3.10. The van der Waals surface area contributed by atoms with Crippen molar-refractivity contribution in [2.45, 2.75) is 25.9 Å². The van der Waals surface area contributed by atoms with Gasteiger partial charge < -0.3 is 20.1 Å². The van der Waals surface area contributed by atoms with E-state index >= 15 is 0 Å². The lowest BCUT2D eigenvalue weighted by atomic mass is 10.2. The van der Waals surface area contributed by atoms with Crippen LogP contribution in [0.2, 0.25) is 0 Å². The molecule has 0 radical (unpaired) electrons. The summed E-state index contributed by atoms with van der Waals surface area (Å²) in [5.74, 6) is 1.07. The zero-order chi connectivity index (χ0) is 15.4. The van der Waals surface area contributed by atoms with Crippen molar-refractivity contribution in [3.05, 3.63) is 34.1 Å². The number of carbonyl (C=O) groups is 1. The summed E-state index contributed by atoms with van der Waals surface area (Å²) in [5, 5.41) is 12.1. The molecule has 1 fully saturated rings. The van der Waals surface area contributed by atoms with Crippen LogP contribution in [0.5, 0.6) is 0 Å². The number of nitrogens with zero attached hydrogens (tertiary/aromatic N) is 3. The van der Waals surface area contributed by atoms with Crippen LogP contribution in [0.1, 0.15) is 23.5 Å². The molecule has 7 nitrogen and oxygen atoms in total. The van der Waals surface area contributed by atoms with Gasteiger partial charge in [-0.25, -0.2) is 4.79 Å². The number of rotatable bonds is 4. The molecule has 0 unspecified atom stereocenters. The van der Waals surface area contributed by atoms with Crippen molar-refractivity contribution in [1.82, 2.24) is 25.7 Å². The topological polar surface area (TPSA) is 83.3 Å². The summed E-state index contributed by atoms with van der Waals surface area (Å²) in [4.78, 5) is 19.5. The monoisotopic (exact) mass is 321 g/mol. The van der Waals surface area contributed by atoms with E-state index in [0.717, 1.165) is 13.1 Å². The van der Waals surface area contributed by atoms with E-state index in [0.29, 0.717) is 24.7 Å². The summed E-state index contributed by atoms with van der Waals surface area (Å²) in [7, 11) is 0. The number of thiophene rings is 1. The molecule has 1 aliphatic heterocycles. The predicted octanol–water partition coefficient (Wildman–Crippen LogP) is 1.23. The number of hydrogen-bond donors (Lipinski definition) is 2. The van der Waals surface area contributed by atoms with E-state index in [1.165, 1.54) is 4.88 Å². The second kappa shape index (κ2) is 6.89. The summed E-state index contributed by atoms with van der Waals surface area (Å²) in [5.41, 5.74) is 0. The van der Waals surface area contributed by atoms with Crippen LogP contribution in [0, 0.1) is 0 Å². The van der Waals surface area contributed by atoms with Gasteiger partial charge in [-0.05, 0) is 18.4 Å². The normalized spacial score (nSPS) is 18.4. The standard InChI is InChI=1S/C14H19N5O2S/c1-10-8-15-4-5-19(10)14(20)16-9-13-17-12(18-21-13)7-11-3-2-6-22-11/h2-3,6,10,15H,4-5,7-9H2,1H3,(H,16,20)/t10-/m1/s1. The Bertz CT molecular complexity index is 613. The Labute approximate surface area is 132 Å². The first-order chi connectivity index (χ1) is 10.7. The van der Waals surface area contributed by atoms with E-state index < -0.39 is 0 Å². The van der Waals surface area contributed by atoms with Crippen LogP contribution in [0.3, 0.4) is 0 Å². The number of urea groups is 1. The maximum Gasteiger partial charge on any atom is 0.318 e. The smallest absolute Gasteiger partial charge is 0.318 e. The Hall–Kier alpha value is -1.93. The second-order valence-corrected chi connectivity index (χ2v) is 6.30. The minimum Gasteiger partial charge on any atom is -0.337 e. The van der Waals surface area contributed by atoms with Gasteiger partial charge in [-0.1, -0.05) is 11.2 Å². The first kappa shape index (κ1) is 15.0. The van der Waals surface area contributed by atoms with Crippen molar-refractivity contribution in [2.75, 3.05) is 19.6 Å². The number of nitrogens with one attached hydrogen (secondary N) is 2. The van der Waals surface area contributed by atoms with Gasteiger partial charge in [0.25, 0.3) is 0 Å². The average Bonchev–Trinajstić information content (AvgIpc) is 3.18. The summed E-state index contributed by atoms with van der Waals surface area (Å²) >= 11 is 1.66. The van der Waals surface area contributed by atoms with Gasteiger partial charge >= 0.3 is 6.03 Å². The molecule has 2 aromatic rings. The molecule has 2 aromatic heterocycles. The Morgan fingerprint density at radius 2 is 2.55 bits per heavy atom. The number of piperazine rings is 1. The van der Waals surface area contributed by atoms with E-state index in [4.69, 9.17) is 4.52 Å². The summed E-state index contributed by atoms with van der Waals surface area (Å²) in [6.07, 6.45) is 0.657. The van der Waals surface area contributed by atoms with Crippen LogP contribution in [-0.2, 0) is 13.0 Å². The molecule has 1 saturated heterocycles. The van der Waals surface area contributed by atoms with Gasteiger partial charge in [0, 0.05) is 37.0 Å². The van der Waals surface area contributed by atoms with E-state index in [-0.39, 0.29) is 18.6 Å². The number of amides is 2. The van der Waals surface area contributed by atoms with Gasteiger partial charge in [0.2, 0.25) is 5.89 Å². The maximum absolute atomic E-state index is 12.1. The molecular weight excluding hydrogens is 302 g/mol. The van der Waals surface area contributed by atoms with Crippen molar-refractivity contribution >= 4 is 17.4 Å². The lowest BCUT2D eigenvalue weighted by molar-refractivity contribution is 0.163. The Morgan fingerprint density at radius 3 is 3.32 bits per heavy atom. The Balaban J connectivity index is 1.51. The lowest BCUT2D eigenvalue weighted by Crippen LogP contribution is -2.55. The van der Waals surface area contributed by atoms with Crippen LogP contribution < -0.4 is 10.6 Å². The van der Waals surface area contributed by atoms with Crippen molar-refractivity contribution in [2.24, 2.45) is 0 Å². The number of carbonyl (C=O) groups excluding carboxylic acids is 1. The molecule has 0 spiro atoms. The van der Waals surface area contributed by atoms with Crippen LogP contribution in [0.15, 0.2) is 22.0 Å². The van der Waals surface area contributed by atoms with Gasteiger partial charge in [-0.3, -0.25) is 0 Å². The van der Waals surface area contributed by atoms with Gasteiger partial charge in [0.15, 0.2) is 5.82 Å². The van der Waals surface area contributed by atoms with Crippen molar-refractivity contribution in [3.8, 4) is 0 Å². The highest BCUT2D eigenvalue weighted by Crippen LogP contribution is 2.12. The van der Waals surface area contributed by atoms with Crippen molar-refractivity contribution in [3.63, 3.8) is 0 Å². The summed E-state index contributed by atoms with van der Waals surface area (Å²) in [6.45, 7) is 4.63. The predicted molar refractivity (Wildman–Crippen MR) is 82.7 cm³/mol. The highest BCUT2D eigenvalue weighted by atomic mass is 32.1. The quantitative estimate of drug-likeness (QED) is 0.885. The van der Waals surface area contributed by atoms with Gasteiger partial charge in [-0.15, -0.1) is 11.3 Å². The SMILES string of the molecule is C[C@@H]1CNCCN1C(=O)NCc1nc(Cc2cccs2)no1. The average molecular weight is 321 g/mol. The highest BCUT2D eigenvalue weighted by Gasteiger charge is 2.23. The molecule has 1 atom stereocenters. The molecule has 2 N–H and O–H groups in total.